The Balaban J connectivity index is 2.63. The molecule has 1 aromatic carbocycles. The van der Waals surface area contributed by atoms with Gasteiger partial charge in [-0.3, -0.25) is 0 Å². The lowest BCUT2D eigenvalue weighted by molar-refractivity contribution is 0.0699. The lowest BCUT2D eigenvalue weighted by Gasteiger charge is -2.21. The maximum Gasteiger partial charge on any atom is 0.336 e. The first-order chi connectivity index (χ1) is 9.17. The summed E-state index contributed by atoms with van der Waals surface area (Å²) in [6.07, 6.45) is 1.78. The third-order valence-corrected chi connectivity index (χ3v) is 2.99. The molecule has 19 heavy (non-hydrogen) atoms. The van der Waals surface area contributed by atoms with Crippen molar-refractivity contribution in [3.63, 3.8) is 0 Å². The van der Waals surface area contributed by atoms with Crippen LogP contribution in [0.3, 0.4) is 0 Å². The highest BCUT2D eigenvalue weighted by Crippen LogP contribution is 2.23. The summed E-state index contributed by atoms with van der Waals surface area (Å²) in [5.41, 5.74) is 0.975. The van der Waals surface area contributed by atoms with E-state index in [0.717, 1.165) is 6.54 Å². The van der Waals surface area contributed by atoms with Gasteiger partial charge in [0.1, 0.15) is 5.82 Å². The van der Waals surface area contributed by atoms with Gasteiger partial charge in [-0.15, -0.1) is 6.58 Å². The van der Waals surface area contributed by atoms with Crippen LogP contribution in [0.5, 0.6) is 0 Å². The Morgan fingerprint density at radius 3 is 2.84 bits per heavy atom. The van der Waals surface area contributed by atoms with Gasteiger partial charge in [0.05, 0.1) is 11.1 Å². The average Bonchev–Trinajstić information content (AvgIpc) is 2.43. The molecule has 0 bridgehead atoms. The lowest BCUT2D eigenvalue weighted by Crippen LogP contribution is -2.24. The van der Waals surface area contributed by atoms with Crippen LogP contribution in [0, 0.1) is 0 Å². The second-order valence-electron chi connectivity index (χ2n) is 4.18. The molecule has 0 aliphatic rings. The third kappa shape index (κ3) is 2.57. The summed E-state index contributed by atoms with van der Waals surface area (Å²) >= 11 is 0. The number of para-hydroxylation sites is 1. The average molecular weight is 256 g/mol. The van der Waals surface area contributed by atoms with Crippen LogP contribution in [0.4, 0.5) is 5.82 Å². The molecule has 2 rings (SSSR count). The van der Waals surface area contributed by atoms with Crippen molar-refractivity contribution in [3.8, 4) is 0 Å². The van der Waals surface area contributed by atoms with Crippen LogP contribution in [0.15, 0.2) is 43.0 Å². The molecular weight excluding hydrogens is 240 g/mol. The molecule has 1 N–H and O–H groups in total. The number of carboxylic acid groups (broad SMARTS) is 1. The molecule has 0 aliphatic carbocycles. The van der Waals surface area contributed by atoms with Crippen molar-refractivity contribution in [2.75, 3.05) is 18.0 Å². The highest BCUT2D eigenvalue weighted by Gasteiger charge is 2.14. The summed E-state index contributed by atoms with van der Waals surface area (Å²) in [5.74, 6) is -0.270. The molecule has 0 fully saturated rings. The van der Waals surface area contributed by atoms with Crippen molar-refractivity contribution in [3.05, 3.63) is 48.6 Å². The number of benzene rings is 1. The van der Waals surface area contributed by atoms with E-state index in [1.807, 2.05) is 30.0 Å². The van der Waals surface area contributed by atoms with Crippen molar-refractivity contribution in [1.82, 2.24) is 4.98 Å². The number of nitrogens with zero attached hydrogens (tertiary/aromatic N) is 2. The number of rotatable bonds is 5. The van der Waals surface area contributed by atoms with Crippen molar-refractivity contribution < 1.29 is 9.90 Å². The minimum Gasteiger partial charge on any atom is -0.478 e. The summed E-state index contributed by atoms with van der Waals surface area (Å²) in [6.45, 7) is 7.10. The molecule has 0 saturated carbocycles. The van der Waals surface area contributed by atoms with Crippen molar-refractivity contribution >= 4 is 22.7 Å². The first kappa shape index (κ1) is 13.1. The quantitative estimate of drug-likeness (QED) is 0.836. The van der Waals surface area contributed by atoms with Crippen LogP contribution >= 0.6 is 0 Å². The van der Waals surface area contributed by atoms with Gasteiger partial charge in [-0.1, -0.05) is 24.3 Å². The highest BCUT2D eigenvalue weighted by atomic mass is 16.4. The van der Waals surface area contributed by atoms with Gasteiger partial charge in [-0.2, -0.15) is 0 Å². The van der Waals surface area contributed by atoms with Crippen LogP contribution in [-0.2, 0) is 0 Å². The Morgan fingerprint density at radius 1 is 1.47 bits per heavy atom. The molecule has 0 atom stereocenters. The van der Waals surface area contributed by atoms with Gasteiger partial charge in [0, 0.05) is 18.5 Å². The number of likely N-dealkylation sites (N-methyl/N-ethyl adjacent to an activating group) is 1. The van der Waals surface area contributed by atoms with Crippen molar-refractivity contribution in [2.24, 2.45) is 0 Å². The van der Waals surface area contributed by atoms with E-state index in [2.05, 4.69) is 11.6 Å². The minimum absolute atomic E-state index is 0.281. The fourth-order valence-electron chi connectivity index (χ4n) is 2.04. The van der Waals surface area contributed by atoms with E-state index in [-0.39, 0.29) is 5.56 Å². The zero-order valence-corrected chi connectivity index (χ0v) is 10.8. The SMILES string of the molecule is C=CCN(CC)c1cc(C(=O)O)c2ccccc2n1. The van der Waals surface area contributed by atoms with E-state index in [1.165, 1.54) is 0 Å². The van der Waals surface area contributed by atoms with Crippen molar-refractivity contribution in [2.45, 2.75) is 6.92 Å². The second kappa shape index (κ2) is 5.52. The molecule has 0 amide bonds. The highest BCUT2D eigenvalue weighted by molar-refractivity contribution is 6.03. The van der Waals surface area contributed by atoms with Gasteiger partial charge in [-0.25, -0.2) is 9.78 Å². The van der Waals surface area contributed by atoms with Gasteiger partial charge in [-0.05, 0) is 19.1 Å². The lowest BCUT2D eigenvalue weighted by atomic mass is 10.1. The topological polar surface area (TPSA) is 53.4 Å². The van der Waals surface area contributed by atoms with E-state index in [4.69, 9.17) is 0 Å². The Kier molecular flexibility index (Phi) is 3.80. The van der Waals surface area contributed by atoms with Gasteiger partial charge in [0.2, 0.25) is 0 Å². The molecule has 1 heterocycles. The van der Waals surface area contributed by atoms with E-state index in [1.54, 1.807) is 18.2 Å². The Morgan fingerprint density at radius 2 is 2.21 bits per heavy atom. The Hall–Kier alpha value is -2.36. The molecule has 0 unspecified atom stereocenters. The Bertz CT molecular complexity index is 623. The minimum atomic E-state index is -0.936. The number of carboxylic acids is 1. The molecule has 0 saturated heterocycles. The smallest absolute Gasteiger partial charge is 0.336 e. The molecule has 98 valence electrons. The molecule has 1 aromatic heterocycles. The molecule has 0 spiro atoms. The van der Waals surface area contributed by atoms with E-state index in [0.29, 0.717) is 23.3 Å². The number of aromatic carboxylic acids is 1. The predicted octanol–water partition coefficient (Wildman–Crippen LogP) is 2.95. The maximum atomic E-state index is 11.4. The fourth-order valence-corrected chi connectivity index (χ4v) is 2.04. The second-order valence-corrected chi connectivity index (χ2v) is 4.18. The first-order valence-electron chi connectivity index (χ1n) is 6.16. The fraction of sp³-hybridized carbons (Fsp3) is 0.200. The molecule has 2 aromatic rings. The van der Waals surface area contributed by atoms with Crippen LogP contribution in [0.1, 0.15) is 17.3 Å². The summed E-state index contributed by atoms with van der Waals surface area (Å²) in [6, 6.07) is 8.90. The summed E-state index contributed by atoms with van der Waals surface area (Å²) in [7, 11) is 0. The molecule has 4 nitrogen and oxygen atoms in total. The largest absolute Gasteiger partial charge is 0.478 e. The molecular formula is C15H16N2O2. The van der Waals surface area contributed by atoms with Crippen LogP contribution in [-0.4, -0.2) is 29.1 Å². The summed E-state index contributed by atoms with van der Waals surface area (Å²) in [4.78, 5) is 17.9. The standard InChI is InChI=1S/C15H16N2O2/c1-3-9-17(4-2)14-10-12(15(18)19)11-7-5-6-8-13(11)16-14/h3,5-8,10H,1,4,9H2,2H3,(H,18,19). The summed E-state index contributed by atoms with van der Waals surface area (Å²) in [5, 5.41) is 9.99. The number of aromatic nitrogens is 1. The molecule has 4 heteroatoms. The van der Waals surface area contributed by atoms with Crippen LogP contribution in [0.2, 0.25) is 0 Å². The van der Waals surface area contributed by atoms with E-state index in [9.17, 15) is 9.90 Å². The van der Waals surface area contributed by atoms with E-state index < -0.39 is 5.97 Å². The number of carbonyl (C=O) groups is 1. The van der Waals surface area contributed by atoms with Crippen LogP contribution < -0.4 is 4.90 Å². The van der Waals surface area contributed by atoms with Gasteiger partial charge >= 0.3 is 5.97 Å². The molecule has 0 radical (unpaired) electrons. The summed E-state index contributed by atoms with van der Waals surface area (Å²) < 4.78 is 0. The van der Waals surface area contributed by atoms with Gasteiger partial charge in [0.25, 0.3) is 0 Å². The monoisotopic (exact) mass is 256 g/mol. The number of pyridine rings is 1. The predicted molar refractivity (Wildman–Crippen MR) is 76.8 cm³/mol. The zero-order chi connectivity index (χ0) is 13.8. The van der Waals surface area contributed by atoms with E-state index >= 15 is 0 Å². The number of hydrogen-bond donors (Lipinski definition) is 1. The van der Waals surface area contributed by atoms with Gasteiger partial charge in [0.15, 0.2) is 0 Å². The molecule has 0 aliphatic heterocycles. The number of hydrogen-bond acceptors (Lipinski definition) is 3. The maximum absolute atomic E-state index is 11.4. The van der Waals surface area contributed by atoms with Crippen molar-refractivity contribution in [1.29, 1.82) is 0 Å². The normalized spacial score (nSPS) is 10.4. The Labute approximate surface area is 112 Å². The third-order valence-electron chi connectivity index (χ3n) is 2.99. The van der Waals surface area contributed by atoms with Gasteiger partial charge < -0.3 is 10.0 Å². The number of anilines is 1. The van der Waals surface area contributed by atoms with Crippen LogP contribution in [0.25, 0.3) is 10.9 Å². The number of fused-ring (bicyclic) bond motifs is 1. The first-order valence-corrected chi connectivity index (χ1v) is 6.16. The zero-order valence-electron chi connectivity index (χ0n) is 10.8.